The largest absolute Gasteiger partial charge is 0.381 e. The Bertz CT molecular complexity index is 601. The smallest absolute Gasteiger partial charge is 0.155 e. The highest BCUT2D eigenvalue weighted by Crippen LogP contribution is 2.20. The monoisotopic (exact) mass is 274 g/mol. The lowest BCUT2D eigenvalue weighted by Crippen LogP contribution is -2.36. The first kappa shape index (κ1) is 13.5. The van der Waals surface area contributed by atoms with Crippen LogP contribution in [0.5, 0.6) is 0 Å². The Hall–Kier alpha value is -1.46. The molecule has 0 radical (unpaired) electrons. The first-order valence-corrected chi connectivity index (χ1v) is 7.31. The molecule has 1 aliphatic rings. The zero-order chi connectivity index (χ0) is 14.1. The molecule has 3 heterocycles. The molecule has 3 rings (SSSR count). The van der Waals surface area contributed by atoms with Gasteiger partial charge in [0.1, 0.15) is 0 Å². The number of fused-ring (bicyclic) bond motifs is 1. The Balaban J connectivity index is 1.83. The van der Waals surface area contributed by atoms with Crippen molar-refractivity contribution in [3.8, 4) is 0 Å². The highest BCUT2D eigenvalue weighted by atomic mass is 16.5. The van der Waals surface area contributed by atoms with Crippen LogP contribution in [0.15, 0.2) is 12.3 Å². The number of nitrogens with one attached hydrogen (secondary N) is 1. The number of hydrogen-bond donors (Lipinski definition) is 1. The zero-order valence-corrected chi connectivity index (χ0v) is 12.4. The summed E-state index contributed by atoms with van der Waals surface area (Å²) in [6, 6.07) is 2.82. The molecule has 0 saturated carbocycles. The molecule has 0 aromatic carbocycles. The van der Waals surface area contributed by atoms with Crippen molar-refractivity contribution in [3.63, 3.8) is 0 Å². The summed E-state index contributed by atoms with van der Waals surface area (Å²) in [6.45, 7) is 8.02. The minimum Gasteiger partial charge on any atom is -0.381 e. The second kappa shape index (κ2) is 5.50. The van der Waals surface area contributed by atoms with Gasteiger partial charge >= 0.3 is 0 Å². The van der Waals surface area contributed by atoms with Crippen molar-refractivity contribution >= 4 is 5.65 Å². The summed E-state index contributed by atoms with van der Waals surface area (Å²) >= 11 is 0. The summed E-state index contributed by atoms with van der Waals surface area (Å²) in [5.41, 5.74) is 4.30. The van der Waals surface area contributed by atoms with Gasteiger partial charge in [0.15, 0.2) is 5.65 Å². The van der Waals surface area contributed by atoms with Gasteiger partial charge in [0.2, 0.25) is 0 Å². The van der Waals surface area contributed by atoms with Gasteiger partial charge in [-0.15, -0.1) is 0 Å². The molecule has 1 N–H and O–H groups in total. The molecule has 1 saturated heterocycles. The summed E-state index contributed by atoms with van der Waals surface area (Å²) in [5.74, 6) is 0. The minimum atomic E-state index is 0.277. The molecule has 0 spiro atoms. The van der Waals surface area contributed by atoms with Gasteiger partial charge in [-0.2, -0.15) is 5.10 Å². The van der Waals surface area contributed by atoms with Crippen LogP contribution in [-0.4, -0.2) is 33.9 Å². The Morgan fingerprint density at radius 1 is 1.35 bits per heavy atom. The van der Waals surface area contributed by atoms with Gasteiger partial charge in [0, 0.05) is 48.8 Å². The fourth-order valence-corrected chi connectivity index (χ4v) is 2.91. The van der Waals surface area contributed by atoms with E-state index < -0.39 is 0 Å². The van der Waals surface area contributed by atoms with Crippen LogP contribution in [0.4, 0.5) is 0 Å². The third kappa shape index (κ3) is 2.55. The molecule has 5 heteroatoms. The van der Waals surface area contributed by atoms with E-state index >= 15 is 0 Å². The van der Waals surface area contributed by atoms with Gasteiger partial charge in [-0.05, 0) is 33.6 Å². The third-order valence-electron chi connectivity index (χ3n) is 4.06. The summed E-state index contributed by atoms with van der Waals surface area (Å²) < 4.78 is 7.34. The minimum absolute atomic E-state index is 0.277. The number of aromatic nitrogens is 3. The van der Waals surface area contributed by atoms with Crippen molar-refractivity contribution in [2.24, 2.45) is 0 Å². The predicted molar refractivity (Wildman–Crippen MR) is 77.9 cm³/mol. The van der Waals surface area contributed by atoms with Crippen LogP contribution in [0.3, 0.4) is 0 Å². The quantitative estimate of drug-likeness (QED) is 0.932. The Morgan fingerprint density at radius 3 is 2.85 bits per heavy atom. The van der Waals surface area contributed by atoms with E-state index in [-0.39, 0.29) is 6.04 Å². The third-order valence-corrected chi connectivity index (χ3v) is 4.06. The van der Waals surface area contributed by atoms with Gasteiger partial charge in [-0.3, -0.25) is 0 Å². The van der Waals surface area contributed by atoms with E-state index in [0.29, 0.717) is 6.04 Å². The van der Waals surface area contributed by atoms with Crippen molar-refractivity contribution < 1.29 is 4.74 Å². The average Bonchev–Trinajstić information content (AvgIpc) is 2.82. The highest BCUT2D eigenvalue weighted by Gasteiger charge is 2.19. The lowest BCUT2D eigenvalue weighted by Gasteiger charge is -2.27. The van der Waals surface area contributed by atoms with E-state index in [9.17, 15) is 0 Å². The van der Waals surface area contributed by atoms with Gasteiger partial charge in [-0.25, -0.2) is 9.50 Å². The average molecular weight is 274 g/mol. The first-order chi connectivity index (χ1) is 9.65. The van der Waals surface area contributed by atoms with Crippen LogP contribution < -0.4 is 5.32 Å². The topological polar surface area (TPSA) is 51.5 Å². The normalized spacial score (nSPS) is 18.6. The number of nitrogens with zero attached hydrogens (tertiary/aromatic N) is 3. The van der Waals surface area contributed by atoms with Crippen LogP contribution in [-0.2, 0) is 4.74 Å². The maximum Gasteiger partial charge on any atom is 0.155 e. The second-order valence-corrected chi connectivity index (χ2v) is 5.63. The van der Waals surface area contributed by atoms with Crippen molar-refractivity contribution in [1.82, 2.24) is 19.9 Å². The maximum absolute atomic E-state index is 5.40. The SMILES string of the molecule is Cc1cc2ncc(C(C)NC3CCOCC3)c(C)n2n1. The van der Waals surface area contributed by atoms with Crippen molar-refractivity contribution in [3.05, 3.63) is 29.2 Å². The van der Waals surface area contributed by atoms with Crippen LogP contribution in [0.2, 0.25) is 0 Å². The van der Waals surface area contributed by atoms with E-state index in [2.05, 4.69) is 29.2 Å². The van der Waals surface area contributed by atoms with Gasteiger partial charge < -0.3 is 10.1 Å². The summed E-state index contributed by atoms with van der Waals surface area (Å²) in [4.78, 5) is 4.51. The maximum atomic E-state index is 5.40. The fourth-order valence-electron chi connectivity index (χ4n) is 2.91. The molecule has 0 aliphatic carbocycles. The number of rotatable bonds is 3. The van der Waals surface area contributed by atoms with Crippen molar-refractivity contribution in [2.75, 3.05) is 13.2 Å². The lowest BCUT2D eigenvalue weighted by molar-refractivity contribution is 0.0754. The lowest BCUT2D eigenvalue weighted by atomic mass is 10.0. The second-order valence-electron chi connectivity index (χ2n) is 5.63. The predicted octanol–water partition coefficient (Wildman–Crippen LogP) is 2.18. The molecule has 5 nitrogen and oxygen atoms in total. The zero-order valence-electron chi connectivity index (χ0n) is 12.4. The standard InChI is InChI=1S/C15H22N4O/c1-10-8-15-16-9-14(12(3)19(15)18-10)11(2)17-13-4-6-20-7-5-13/h8-9,11,13,17H,4-7H2,1-3H3. The molecule has 0 amide bonds. The van der Waals surface area contributed by atoms with E-state index in [1.165, 1.54) is 5.56 Å². The van der Waals surface area contributed by atoms with Crippen LogP contribution in [0, 0.1) is 13.8 Å². The van der Waals surface area contributed by atoms with Gasteiger partial charge in [0.05, 0.1) is 5.69 Å². The van der Waals surface area contributed by atoms with Crippen LogP contribution in [0.1, 0.15) is 42.8 Å². The molecule has 1 unspecified atom stereocenters. The summed E-state index contributed by atoms with van der Waals surface area (Å²) in [7, 11) is 0. The number of hydrogen-bond acceptors (Lipinski definition) is 4. The summed E-state index contributed by atoms with van der Waals surface area (Å²) in [5, 5.41) is 8.20. The molecular weight excluding hydrogens is 252 g/mol. The van der Waals surface area contributed by atoms with Crippen LogP contribution >= 0.6 is 0 Å². The molecule has 20 heavy (non-hydrogen) atoms. The van der Waals surface area contributed by atoms with Crippen LogP contribution in [0.25, 0.3) is 5.65 Å². The molecule has 0 bridgehead atoms. The Labute approximate surface area is 119 Å². The van der Waals surface area contributed by atoms with Crippen molar-refractivity contribution in [1.29, 1.82) is 0 Å². The van der Waals surface area contributed by atoms with E-state index in [0.717, 1.165) is 43.1 Å². The molecule has 1 atom stereocenters. The van der Waals surface area contributed by atoms with E-state index in [1.54, 1.807) is 0 Å². The Kier molecular flexibility index (Phi) is 3.72. The fraction of sp³-hybridized carbons (Fsp3) is 0.600. The molecule has 108 valence electrons. The Morgan fingerprint density at radius 2 is 2.10 bits per heavy atom. The first-order valence-electron chi connectivity index (χ1n) is 7.31. The van der Waals surface area contributed by atoms with E-state index in [1.807, 2.05) is 23.7 Å². The molecule has 1 aliphatic heterocycles. The molecular formula is C15H22N4O. The number of ether oxygens (including phenoxy) is 1. The van der Waals surface area contributed by atoms with Gasteiger partial charge in [0.25, 0.3) is 0 Å². The molecule has 1 fully saturated rings. The summed E-state index contributed by atoms with van der Waals surface area (Å²) in [6.07, 6.45) is 4.14. The number of aryl methyl sites for hydroxylation is 2. The van der Waals surface area contributed by atoms with Crippen molar-refractivity contribution in [2.45, 2.75) is 45.7 Å². The van der Waals surface area contributed by atoms with E-state index in [4.69, 9.17) is 4.74 Å². The molecule has 2 aromatic rings. The van der Waals surface area contributed by atoms with Gasteiger partial charge in [-0.1, -0.05) is 0 Å². The molecule has 2 aromatic heterocycles. The highest BCUT2D eigenvalue weighted by molar-refractivity contribution is 5.42.